The molecule has 0 spiro atoms. The van der Waals surface area contributed by atoms with Gasteiger partial charge in [-0.05, 0) is 24.0 Å². The zero-order chi connectivity index (χ0) is 17.9. The van der Waals surface area contributed by atoms with Gasteiger partial charge in [-0.3, -0.25) is 4.79 Å². The number of cyclic esters (lactones) is 1. The highest BCUT2D eigenvalue weighted by Gasteiger charge is 2.46. The Morgan fingerprint density at radius 3 is 2.23 bits per heavy atom. The van der Waals surface area contributed by atoms with Gasteiger partial charge in [0.05, 0.1) is 24.7 Å². The van der Waals surface area contributed by atoms with Gasteiger partial charge in [0, 0.05) is 0 Å². The van der Waals surface area contributed by atoms with Crippen molar-refractivity contribution in [3.8, 4) is 0 Å². The van der Waals surface area contributed by atoms with Crippen molar-refractivity contribution in [3.63, 3.8) is 0 Å². The molecule has 134 valence electrons. The van der Waals surface area contributed by atoms with E-state index in [2.05, 4.69) is 0 Å². The van der Waals surface area contributed by atoms with Crippen LogP contribution in [0.25, 0.3) is 0 Å². The molecule has 2 aromatic rings. The van der Waals surface area contributed by atoms with Crippen LogP contribution in [0.2, 0.25) is 0 Å². The molecule has 0 aliphatic carbocycles. The van der Waals surface area contributed by atoms with Crippen LogP contribution in [-0.2, 0) is 27.1 Å². The van der Waals surface area contributed by atoms with E-state index in [1.165, 1.54) is 4.90 Å². The summed E-state index contributed by atoms with van der Waals surface area (Å²) in [6, 6.07) is 19.4. The number of ether oxygens (including phenoxy) is 2. The summed E-state index contributed by atoms with van der Waals surface area (Å²) in [6.07, 6.45) is 0.497. The predicted molar refractivity (Wildman–Crippen MR) is 95.5 cm³/mol. The topological polar surface area (TPSA) is 59.1 Å². The maximum Gasteiger partial charge on any atom is 0.416 e. The molecule has 0 aromatic heterocycles. The molecule has 5 nitrogen and oxygen atoms in total. The molecule has 3 atom stereocenters. The summed E-state index contributed by atoms with van der Waals surface area (Å²) in [5.74, 6) is -0.555. The van der Waals surface area contributed by atoms with Gasteiger partial charge in [-0.25, -0.2) is 9.69 Å². The van der Waals surface area contributed by atoms with E-state index in [-0.39, 0.29) is 30.6 Å². The first-order chi connectivity index (χ1) is 12.7. The summed E-state index contributed by atoms with van der Waals surface area (Å²) in [4.78, 5) is 26.8. The zero-order valence-electron chi connectivity index (χ0n) is 14.4. The summed E-state index contributed by atoms with van der Waals surface area (Å²) in [5.41, 5.74) is 2.14. The van der Waals surface area contributed by atoms with Gasteiger partial charge >= 0.3 is 6.09 Å². The lowest BCUT2D eigenvalue weighted by Crippen LogP contribution is -2.45. The minimum absolute atomic E-state index is 0.117. The van der Waals surface area contributed by atoms with Crippen molar-refractivity contribution in [3.05, 3.63) is 71.8 Å². The molecule has 0 N–H and O–H groups in total. The van der Waals surface area contributed by atoms with Crippen LogP contribution in [0, 0.1) is 5.92 Å². The third-order valence-electron chi connectivity index (χ3n) is 4.94. The highest BCUT2D eigenvalue weighted by atomic mass is 16.6. The first kappa shape index (κ1) is 16.8. The first-order valence-corrected chi connectivity index (χ1v) is 8.91. The number of rotatable bonds is 6. The van der Waals surface area contributed by atoms with E-state index in [0.29, 0.717) is 19.4 Å². The average molecular weight is 351 g/mol. The summed E-state index contributed by atoms with van der Waals surface area (Å²) in [5, 5.41) is 0. The number of imide groups is 1. The highest BCUT2D eigenvalue weighted by molar-refractivity contribution is 5.95. The molecule has 0 bridgehead atoms. The van der Waals surface area contributed by atoms with Crippen molar-refractivity contribution in [2.24, 2.45) is 5.92 Å². The lowest BCUT2D eigenvalue weighted by molar-refractivity contribution is -0.134. The second kappa shape index (κ2) is 7.30. The Balaban J connectivity index is 1.52. The molecule has 26 heavy (non-hydrogen) atoms. The van der Waals surface area contributed by atoms with Crippen molar-refractivity contribution in [1.29, 1.82) is 0 Å². The smallest absolute Gasteiger partial charge is 0.416 e. The Morgan fingerprint density at radius 1 is 1.00 bits per heavy atom. The molecular weight excluding hydrogens is 330 g/mol. The minimum Gasteiger partial charge on any atom is -0.447 e. The largest absolute Gasteiger partial charge is 0.447 e. The van der Waals surface area contributed by atoms with Gasteiger partial charge in [0.15, 0.2) is 0 Å². The van der Waals surface area contributed by atoms with Crippen LogP contribution in [0.15, 0.2) is 60.7 Å². The number of carbonyl (C=O) groups excluding carboxylic acids is 2. The number of nitrogens with zero attached hydrogens (tertiary/aromatic N) is 1. The van der Waals surface area contributed by atoms with E-state index >= 15 is 0 Å². The number of amides is 2. The van der Waals surface area contributed by atoms with E-state index in [1.54, 1.807) is 0 Å². The Hall–Kier alpha value is -2.66. The molecule has 2 saturated heterocycles. The lowest BCUT2D eigenvalue weighted by Gasteiger charge is -2.24. The van der Waals surface area contributed by atoms with Gasteiger partial charge in [-0.1, -0.05) is 60.7 Å². The lowest BCUT2D eigenvalue weighted by atomic mass is 9.94. The normalized spacial score (nSPS) is 22.8. The predicted octanol–water partition coefficient (Wildman–Crippen LogP) is 2.83. The maximum absolute atomic E-state index is 13.2. The molecule has 2 heterocycles. The van der Waals surface area contributed by atoms with Crippen LogP contribution in [0.5, 0.6) is 0 Å². The third-order valence-corrected chi connectivity index (χ3v) is 4.94. The van der Waals surface area contributed by atoms with Gasteiger partial charge in [-0.15, -0.1) is 0 Å². The molecule has 2 amide bonds. The van der Waals surface area contributed by atoms with Crippen molar-refractivity contribution in [2.45, 2.75) is 25.0 Å². The van der Waals surface area contributed by atoms with Crippen LogP contribution in [-0.4, -0.2) is 42.3 Å². The molecule has 2 fully saturated rings. The van der Waals surface area contributed by atoms with E-state index < -0.39 is 6.09 Å². The Bertz CT molecular complexity index is 773. The number of benzene rings is 2. The second-order valence-electron chi connectivity index (χ2n) is 6.80. The summed E-state index contributed by atoms with van der Waals surface area (Å²) in [6.45, 7) is 0.804. The molecule has 5 heteroatoms. The van der Waals surface area contributed by atoms with Gasteiger partial charge in [0.25, 0.3) is 0 Å². The molecule has 2 aliphatic heterocycles. The average Bonchev–Trinajstić information content (AvgIpc) is 3.45. The molecule has 2 aliphatic rings. The van der Waals surface area contributed by atoms with Crippen LogP contribution in [0.4, 0.5) is 4.79 Å². The summed E-state index contributed by atoms with van der Waals surface area (Å²) in [7, 11) is 0. The van der Waals surface area contributed by atoms with E-state index in [1.807, 2.05) is 60.7 Å². The standard InChI is InChI=1S/C21H21NO4/c23-20(18(19-14-25-19)12-16-9-5-2-6-10-16)22-17(13-26-21(22)24)11-15-7-3-1-4-8-15/h1-10,17-19H,11-14H2. The minimum atomic E-state index is -0.547. The molecule has 0 saturated carbocycles. The summed E-state index contributed by atoms with van der Waals surface area (Å²) < 4.78 is 10.6. The Morgan fingerprint density at radius 2 is 1.62 bits per heavy atom. The fraction of sp³-hybridized carbons (Fsp3) is 0.333. The number of hydrogen-bond acceptors (Lipinski definition) is 4. The zero-order valence-corrected chi connectivity index (χ0v) is 14.4. The summed E-state index contributed by atoms with van der Waals surface area (Å²) >= 11 is 0. The number of carbonyl (C=O) groups is 2. The fourth-order valence-electron chi connectivity index (χ4n) is 3.48. The molecule has 0 radical (unpaired) electrons. The number of hydrogen-bond donors (Lipinski definition) is 0. The Kier molecular flexibility index (Phi) is 4.71. The molecule has 3 unspecified atom stereocenters. The van der Waals surface area contributed by atoms with Crippen LogP contribution < -0.4 is 0 Å². The molecular formula is C21H21NO4. The first-order valence-electron chi connectivity index (χ1n) is 8.91. The van der Waals surface area contributed by atoms with Crippen LogP contribution in [0.1, 0.15) is 11.1 Å². The van der Waals surface area contributed by atoms with Crippen LogP contribution in [0.3, 0.4) is 0 Å². The van der Waals surface area contributed by atoms with Gasteiger partial charge in [-0.2, -0.15) is 0 Å². The van der Waals surface area contributed by atoms with E-state index in [4.69, 9.17) is 9.47 Å². The fourth-order valence-corrected chi connectivity index (χ4v) is 3.48. The monoisotopic (exact) mass is 351 g/mol. The second-order valence-corrected chi connectivity index (χ2v) is 6.80. The number of epoxide rings is 1. The Labute approximate surface area is 152 Å². The van der Waals surface area contributed by atoms with Gasteiger partial charge in [0.1, 0.15) is 6.61 Å². The maximum atomic E-state index is 13.2. The van der Waals surface area contributed by atoms with Crippen molar-refractivity contribution in [2.75, 3.05) is 13.2 Å². The highest BCUT2D eigenvalue weighted by Crippen LogP contribution is 2.29. The van der Waals surface area contributed by atoms with Crippen LogP contribution >= 0.6 is 0 Å². The third kappa shape index (κ3) is 3.63. The van der Waals surface area contributed by atoms with E-state index in [9.17, 15) is 9.59 Å². The van der Waals surface area contributed by atoms with Gasteiger partial charge in [0.2, 0.25) is 5.91 Å². The van der Waals surface area contributed by atoms with Gasteiger partial charge < -0.3 is 9.47 Å². The molecule has 2 aromatic carbocycles. The molecule has 4 rings (SSSR count). The SMILES string of the molecule is O=C1OCC(Cc2ccccc2)N1C(=O)C(Cc1ccccc1)C1CO1. The van der Waals surface area contributed by atoms with E-state index in [0.717, 1.165) is 11.1 Å². The van der Waals surface area contributed by atoms with Crippen molar-refractivity contribution < 1.29 is 19.1 Å². The quantitative estimate of drug-likeness (QED) is 0.751. The van der Waals surface area contributed by atoms with Crippen molar-refractivity contribution in [1.82, 2.24) is 4.90 Å². The van der Waals surface area contributed by atoms with Crippen molar-refractivity contribution >= 4 is 12.0 Å².